The summed E-state index contributed by atoms with van der Waals surface area (Å²) in [5.74, 6) is 1.50. The Labute approximate surface area is 123 Å². The molecular formula is C17H29N3. The number of fused-ring (bicyclic) bond motifs is 1. The van der Waals surface area contributed by atoms with Crippen LogP contribution in [0.1, 0.15) is 58.8 Å². The highest BCUT2D eigenvalue weighted by Crippen LogP contribution is 2.43. The van der Waals surface area contributed by atoms with Gasteiger partial charge in [0.2, 0.25) is 0 Å². The Morgan fingerprint density at radius 1 is 1.20 bits per heavy atom. The van der Waals surface area contributed by atoms with Gasteiger partial charge in [-0.1, -0.05) is 6.42 Å². The first-order valence-electron chi connectivity index (χ1n) is 8.57. The molecule has 1 saturated heterocycles. The SMILES string of the molecule is CC(C)NC(C#N)(CN1CCCC2CCCC21)C1CC1. The normalized spacial score (nSPS) is 33.7. The molecule has 0 aromatic heterocycles. The van der Waals surface area contributed by atoms with E-state index in [0.29, 0.717) is 12.0 Å². The minimum atomic E-state index is -0.293. The highest BCUT2D eigenvalue weighted by Gasteiger charge is 2.49. The molecule has 2 aliphatic carbocycles. The molecule has 0 radical (unpaired) electrons. The van der Waals surface area contributed by atoms with Gasteiger partial charge < -0.3 is 0 Å². The number of nitrogens with zero attached hydrogens (tertiary/aromatic N) is 2. The molecule has 3 heteroatoms. The van der Waals surface area contributed by atoms with Crippen LogP contribution < -0.4 is 5.32 Å². The fourth-order valence-corrected chi connectivity index (χ4v) is 4.62. The number of hydrogen-bond donors (Lipinski definition) is 1. The van der Waals surface area contributed by atoms with Crippen LogP contribution in [-0.2, 0) is 0 Å². The van der Waals surface area contributed by atoms with Gasteiger partial charge in [0.15, 0.2) is 0 Å². The maximum atomic E-state index is 9.87. The molecule has 1 aliphatic heterocycles. The Kier molecular flexibility index (Phi) is 4.06. The molecule has 0 amide bonds. The Morgan fingerprint density at radius 2 is 1.95 bits per heavy atom. The third-order valence-electron chi connectivity index (χ3n) is 5.58. The number of nitriles is 1. The van der Waals surface area contributed by atoms with Crippen molar-refractivity contribution in [3.63, 3.8) is 0 Å². The van der Waals surface area contributed by atoms with Crippen LogP contribution in [0.3, 0.4) is 0 Å². The van der Waals surface area contributed by atoms with E-state index in [1.165, 1.54) is 51.5 Å². The highest BCUT2D eigenvalue weighted by atomic mass is 15.2. The molecule has 3 aliphatic rings. The van der Waals surface area contributed by atoms with Crippen molar-refractivity contribution in [1.29, 1.82) is 5.26 Å². The maximum absolute atomic E-state index is 9.87. The Balaban J connectivity index is 1.73. The summed E-state index contributed by atoms with van der Waals surface area (Å²) in [4.78, 5) is 2.66. The predicted molar refractivity (Wildman–Crippen MR) is 81.3 cm³/mol. The van der Waals surface area contributed by atoms with E-state index in [-0.39, 0.29) is 5.54 Å². The van der Waals surface area contributed by atoms with Crippen molar-refractivity contribution in [2.45, 2.75) is 76.4 Å². The number of piperidine rings is 1. The van der Waals surface area contributed by atoms with Gasteiger partial charge in [0.05, 0.1) is 6.07 Å². The van der Waals surface area contributed by atoms with Crippen molar-refractivity contribution in [3.05, 3.63) is 0 Å². The lowest BCUT2D eigenvalue weighted by molar-refractivity contribution is 0.0809. The molecule has 20 heavy (non-hydrogen) atoms. The standard InChI is InChI=1S/C17H29N3/c1-13(2)19-17(11-18,15-8-9-15)12-20-10-4-6-14-5-3-7-16(14)20/h13-16,19H,3-10,12H2,1-2H3. The molecule has 0 aromatic rings. The first-order chi connectivity index (χ1) is 9.64. The van der Waals surface area contributed by atoms with Crippen molar-refractivity contribution >= 4 is 0 Å². The second kappa shape index (κ2) is 5.66. The predicted octanol–water partition coefficient (Wildman–Crippen LogP) is 2.92. The van der Waals surface area contributed by atoms with Crippen LogP contribution in [0, 0.1) is 23.2 Å². The van der Waals surface area contributed by atoms with Crippen molar-refractivity contribution in [2.75, 3.05) is 13.1 Å². The Bertz CT molecular complexity index is 382. The molecule has 112 valence electrons. The van der Waals surface area contributed by atoms with Crippen LogP contribution in [0.5, 0.6) is 0 Å². The van der Waals surface area contributed by atoms with Crippen LogP contribution in [0.15, 0.2) is 0 Å². The van der Waals surface area contributed by atoms with Crippen LogP contribution in [0.25, 0.3) is 0 Å². The summed E-state index contributed by atoms with van der Waals surface area (Å²) in [6, 6.07) is 3.84. The molecular weight excluding hydrogens is 246 g/mol. The molecule has 0 spiro atoms. The summed E-state index contributed by atoms with van der Waals surface area (Å²) in [7, 11) is 0. The molecule has 2 saturated carbocycles. The Hall–Kier alpha value is -0.590. The lowest BCUT2D eigenvalue weighted by Crippen LogP contribution is -2.59. The second-order valence-electron chi connectivity index (χ2n) is 7.53. The summed E-state index contributed by atoms with van der Waals surface area (Å²) in [5.41, 5.74) is -0.293. The van der Waals surface area contributed by atoms with Gasteiger partial charge >= 0.3 is 0 Å². The zero-order valence-corrected chi connectivity index (χ0v) is 13.1. The van der Waals surface area contributed by atoms with E-state index < -0.39 is 0 Å². The summed E-state index contributed by atoms with van der Waals surface area (Å²) >= 11 is 0. The number of hydrogen-bond acceptors (Lipinski definition) is 3. The topological polar surface area (TPSA) is 39.1 Å². The molecule has 1 heterocycles. The van der Waals surface area contributed by atoms with E-state index in [9.17, 15) is 5.26 Å². The van der Waals surface area contributed by atoms with Crippen LogP contribution in [0.4, 0.5) is 0 Å². The molecule has 3 fully saturated rings. The monoisotopic (exact) mass is 275 g/mol. The number of likely N-dealkylation sites (tertiary alicyclic amines) is 1. The van der Waals surface area contributed by atoms with Gasteiger partial charge in [-0.2, -0.15) is 5.26 Å². The zero-order chi connectivity index (χ0) is 14.2. The molecule has 3 unspecified atom stereocenters. The minimum Gasteiger partial charge on any atom is -0.297 e. The summed E-state index contributed by atoms with van der Waals surface area (Å²) < 4.78 is 0. The second-order valence-corrected chi connectivity index (χ2v) is 7.53. The van der Waals surface area contributed by atoms with E-state index in [2.05, 4.69) is 30.1 Å². The van der Waals surface area contributed by atoms with Crippen molar-refractivity contribution < 1.29 is 0 Å². The van der Waals surface area contributed by atoms with Gasteiger partial charge in [-0.15, -0.1) is 0 Å². The van der Waals surface area contributed by atoms with E-state index in [0.717, 1.165) is 18.5 Å². The number of rotatable bonds is 5. The van der Waals surface area contributed by atoms with Gasteiger partial charge in [-0.05, 0) is 70.8 Å². The van der Waals surface area contributed by atoms with Gasteiger partial charge in [0.1, 0.15) is 5.54 Å². The van der Waals surface area contributed by atoms with Gasteiger partial charge in [0.25, 0.3) is 0 Å². The smallest absolute Gasteiger partial charge is 0.122 e. The lowest BCUT2D eigenvalue weighted by Gasteiger charge is -2.43. The van der Waals surface area contributed by atoms with E-state index in [1.807, 2.05) is 0 Å². The molecule has 3 rings (SSSR count). The van der Waals surface area contributed by atoms with E-state index in [4.69, 9.17) is 0 Å². The van der Waals surface area contributed by atoms with Gasteiger partial charge in [-0.3, -0.25) is 10.2 Å². The fraction of sp³-hybridized carbons (Fsp3) is 0.941. The van der Waals surface area contributed by atoms with Gasteiger partial charge in [-0.25, -0.2) is 0 Å². The zero-order valence-electron chi connectivity index (χ0n) is 13.1. The number of nitrogens with one attached hydrogen (secondary N) is 1. The molecule has 0 aromatic carbocycles. The lowest BCUT2D eigenvalue weighted by atomic mass is 9.87. The van der Waals surface area contributed by atoms with Crippen molar-refractivity contribution in [1.82, 2.24) is 10.2 Å². The summed E-state index contributed by atoms with van der Waals surface area (Å²) in [6.45, 7) is 6.50. The fourth-order valence-electron chi connectivity index (χ4n) is 4.62. The molecule has 3 nitrogen and oxygen atoms in total. The van der Waals surface area contributed by atoms with Crippen LogP contribution in [0.2, 0.25) is 0 Å². The van der Waals surface area contributed by atoms with Gasteiger partial charge in [0, 0.05) is 18.6 Å². The average Bonchev–Trinajstić information content (AvgIpc) is 3.16. The van der Waals surface area contributed by atoms with E-state index in [1.54, 1.807) is 0 Å². The molecule has 1 N–H and O–H groups in total. The first-order valence-corrected chi connectivity index (χ1v) is 8.57. The van der Waals surface area contributed by atoms with Crippen LogP contribution >= 0.6 is 0 Å². The average molecular weight is 275 g/mol. The Morgan fingerprint density at radius 3 is 2.60 bits per heavy atom. The quantitative estimate of drug-likeness (QED) is 0.838. The first kappa shape index (κ1) is 14.4. The van der Waals surface area contributed by atoms with E-state index >= 15 is 0 Å². The largest absolute Gasteiger partial charge is 0.297 e. The minimum absolute atomic E-state index is 0.293. The third-order valence-corrected chi connectivity index (χ3v) is 5.58. The van der Waals surface area contributed by atoms with Crippen molar-refractivity contribution in [2.24, 2.45) is 11.8 Å². The molecule has 3 atom stereocenters. The molecule has 0 bridgehead atoms. The maximum Gasteiger partial charge on any atom is 0.122 e. The highest BCUT2D eigenvalue weighted by molar-refractivity contribution is 5.18. The van der Waals surface area contributed by atoms with Crippen LogP contribution in [-0.4, -0.2) is 35.6 Å². The summed E-state index contributed by atoms with van der Waals surface area (Å²) in [6.07, 6.45) is 9.38. The summed E-state index contributed by atoms with van der Waals surface area (Å²) in [5, 5.41) is 13.5. The third kappa shape index (κ3) is 2.73. The van der Waals surface area contributed by atoms with Crippen molar-refractivity contribution in [3.8, 4) is 6.07 Å².